The first kappa shape index (κ1) is 18.2. The molecular formula is C22H26N2O2. The minimum absolute atomic E-state index is 0.00996. The van der Waals surface area contributed by atoms with Crippen LogP contribution in [0.15, 0.2) is 48.5 Å². The third-order valence-electron chi connectivity index (χ3n) is 4.96. The molecule has 1 aliphatic heterocycles. The summed E-state index contributed by atoms with van der Waals surface area (Å²) in [5.74, 6) is 0.0226. The molecular weight excluding hydrogens is 324 g/mol. The van der Waals surface area contributed by atoms with Gasteiger partial charge in [-0.15, -0.1) is 0 Å². The van der Waals surface area contributed by atoms with E-state index in [2.05, 4.69) is 25.1 Å². The first-order valence-corrected chi connectivity index (χ1v) is 9.13. The lowest BCUT2D eigenvalue weighted by Crippen LogP contribution is -2.45. The number of nitrogens with zero attached hydrogens (tertiary/aromatic N) is 2. The molecule has 1 unspecified atom stereocenters. The second kappa shape index (κ2) is 7.73. The van der Waals surface area contributed by atoms with E-state index in [1.165, 1.54) is 5.56 Å². The normalized spacial score (nSPS) is 17.0. The summed E-state index contributed by atoms with van der Waals surface area (Å²) >= 11 is 0. The SMILES string of the molecule is Cc1cccc(-c2cccc(C(=O)N3CCCC(C(=O)N(C)C)C3)c2)c1. The van der Waals surface area contributed by atoms with Gasteiger partial charge in [-0.1, -0.05) is 42.0 Å². The van der Waals surface area contributed by atoms with Crippen LogP contribution >= 0.6 is 0 Å². The highest BCUT2D eigenvalue weighted by atomic mass is 16.2. The first-order chi connectivity index (χ1) is 12.5. The lowest BCUT2D eigenvalue weighted by Gasteiger charge is -2.33. The fourth-order valence-electron chi connectivity index (χ4n) is 3.57. The Bertz CT molecular complexity index is 813. The highest BCUT2D eigenvalue weighted by molar-refractivity contribution is 5.96. The van der Waals surface area contributed by atoms with Crippen LogP contribution in [0.25, 0.3) is 11.1 Å². The quantitative estimate of drug-likeness (QED) is 0.848. The highest BCUT2D eigenvalue weighted by Crippen LogP contribution is 2.24. The summed E-state index contributed by atoms with van der Waals surface area (Å²) in [6, 6.07) is 16.0. The fraction of sp³-hybridized carbons (Fsp3) is 0.364. The molecule has 0 bridgehead atoms. The Morgan fingerprint density at radius 3 is 2.42 bits per heavy atom. The lowest BCUT2D eigenvalue weighted by atomic mass is 9.95. The van der Waals surface area contributed by atoms with E-state index in [-0.39, 0.29) is 17.7 Å². The van der Waals surface area contributed by atoms with Crippen molar-refractivity contribution < 1.29 is 9.59 Å². The Hall–Kier alpha value is -2.62. The molecule has 4 heteroatoms. The zero-order valence-corrected chi connectivity index (χ0v) is 15.7. The number of piperidine rings is 1. The molecule has 1 saturated heterocycles. The van der Waals surface area contributed by atoms with E-state index in [4.69, 9.17) is 0 Å². The van der Waals surface area contributed by atoms with Gasteiger partial charge in [-0.25, -0.2) is 0 Å². The van der Waals surface area contributed by atoms with Crippen LogP contribution in [0.5, 0.6) is 0 Å². The molecule has 1 heterocycles. The summed E-state index contributed by atoms with van der Waals surface area (Å²) in [4.78, 5) is 28.7. The molecule has 1 fully saturated rings. The zero-order valence-electron chi connectivity index (χ0n) is 15.7. The van der Waals surface area contributed by atoms with Gasteiger partial charge in [-0.05, 0) is 43.0 Å². The van der Waals surface area contributed by atoms with E-state index >= 15 is 0 Å². The molecule has 2 aromatic carbocycles. The van der Waals surface area contributed by atoms with Crippen LogP contribution in [0, 0.1) is 12.8 Å². The van der Waals surface area contributed by atoms with Crippen LogP contribution in [0.2, 0.25) is 0 Å². The molecule has 1 atom stereocenters. The summed E-state index contributed by atoms with van der Waals surface area (Å²) < 4.78 is 0. The average Bonchev–Trinajstić information content (AvgIpc) is 2.67. The van der Waals surface area contributed by atoms with Crippen molar-refractivity contribution in [2.24, 2.45) is 5.92 Å². The second-order valence-electron chi connectivity index (χ2n) is 7.27. The summed E-state index contributed by atoms with van der Waals surface area (Å²) in [6.45, 7) is 3.28. The Morgan fingerprint density at radius 2 is 1.73 bits per heavy atom. The number of amides is 2. The number of rotatable bonds is 3. The van der Waals surface area contributed by atoms with Gasteiger partial charge in [-0.3, -0.25) is 9.59 Å². The molecule has 2 aromatic rings. The molecule has 0 saturated carbocycles. The molecule has 136 valence electrons. The van der Waals surface area contributed by atoms with Gasteiger partial charge in [0.1, 0.15) is 0 Å². The van der Waals surface area contributed by atoms with Gasteiger partial charge >= 0.3 is 0 Å². The van der Waals surface area contributed by atoms with Crippen molar-refractivity contribution in [3.8, 4) is 11.1 Å². The average molecular weight is 350 g/mol. The van der Waals surface area contributed by atoms with Crippen LogP contribution < -0.4 is 0 Å². The standard InChI is InChI=1S/C22H26N2O2/c1-16-7-4-8-17(13-16)18-9-5-10-19(14-18)22(26)24-12-6-11-20(15-24)21(25)23(2)3/h4-5,7-10,13-14,20H,6,11-12,15H2,1-3H3. The van der Waals surface area contributed by atoms with Crippen molar-refractivity contribution in [1.82, 2.24) is 9.80 Å². The van der Waals surface area contributed by atoms with Crippen molar-refractivity contribution in [3.05, 3.63) is 59.7 Å². The summed E-state index contributed by atoms with van der Waals surface area (Å²) in [5, 5.41) is 0. The number of carbonyl (C=O) groups is 2. The number of aryl methyl sites for hydroxylation is 1. The second-order valence-corrected chi connectivity index (χ2v) is 7.27. The van der Waals surface area contributed by atoms with E-state index in [9.17, 15) is 9.59 Å². The third-order valence-corrected chi connectivity index (χ3v) is 4.96. The lowest BCUT2D eigenvalue weighted by molar-refractivity contribution is -0.134. The monoisotopic (exact) mass is 350 g/mol. The van der Waals surface area contributed by atoms with Gasteiger partial charge in [0.05, 0.1) is 5.92 Å². The van der Waals surface area contributed by atoms with Crippen molar-refractivity contribution in [1.29, 1.82) is 0 Å². The molecule has 1 aliphatic rings. The molecule has 3 rings (SSSR count). The molecule has 0 radical (unpaired) electrons. The van der Waals surface area contributed by atoms with Crippen LogP contribution in [0.4, 0.5) is 0 Å². The maximum Gasteiger partial charge on any atom is 0.253 e. The minimum atomic E-state index is -0.0948. The first-order valence-electron chi connectivity index (χ1n) is 9.13. The number of hydrogen-bond acceptors (Lipinski definition) is 2. The van der Waals surface area contributed by atoms with Crippen molar-refractivity contribution in [2.75, 3.05) is 27.2 Å². The van der Waals surface area contributed by atoms with Gasteiger partial charge < -0.3 is 9.80 Å². The van der Waals surface area contributed by atoms with Crippen molar-refractivity contribution in [3.63, 3.8) is 0 Å². The summed E-state index contributed by atoms with van der Waals surface area (Å²) in [6.07, 6.45) is 1.72. The number of hydrogen-bond donors (Lipinski definition) is 0. The van der Waals surface area contributed by atoms with Gasteiger partial charge in [0.15, 0.2) is 0 Å². The third kappa shape index (κ3) is 3.96. The predicted octanol–water partition coefficient (Wildman–Crippen LogP) is 3.60. The Morgan fingerprint density at radius 1 is 1.04 bits per heavy atom. The molecule has 0 spiro atoms. The Balaban J connectivity index is 1.79. The topological polar surface area (TPSA) is 40.6 Å². The highest BCUT2D eigenvalue weighted by Gasteiger charge is 2.29. The van der Waals surface area contributed by atoms with Crippen LogP contribution in [0.3, 0.4) is 0 Å². The van der Waals surface area contributed by atoms with Gasteiger partial charge in [0.2, 0.25) is 5.91 Å². The molecule has 0 aromatic heterocycles. The minimum Gasteiger partial charge on any atom is -0.349 e. The van der Waals surface area contributed by atoms with Gasteiger partial charge in [-0.2, -0.15) is 0 Å². The molecule has 4 nitrogen and oxygen atoms in total. The van der Waals surface area contributed by atoms with E-state index in [0.717, 1.165) is 24.0 Å². The maximum atomic E-state index is 13.0. The van der Waals surface area contributed by atoms with Gasteiger partial charge in [0, 0.05) is 32.7 Å². The maximum absolute atomic E-state index is 13.0. The number of benzene rings is 2. The molecule has 26 heavy (non-hydrogen) atoms. The van der Waals surface area contributed by atoms with Crippen LogP contribution in [-0.4, -0.2) is 48.8 Å². The van der Waals surface area contributed by atoms with Crippen LogP contribution in [0.1, 0.15) is 28.8 Å². The van der Waals surface area contributed by atoms with Crippen molar-refractivity contribution in [2.45, 2.75) is 19.8 Å². The van der Waals surface area contributed by atoms with E-state index in [0.29, 0.717) is 18.7 Å². The van der Waals surface area contributed by atoms with E-state index in [1.54, 1.807) is 19.0 Å². The summed E-state index contributed by atoms with van der Waals surface area (Å²) in [7, 11) is 3.54. The zero-order chi connectivity index (χ0) is 18.7. The Kier molecular flexibility index (Phi) is 5.40. The Labute approximate surface area is 155 Å². The molecule has 2 amide bonds. The smallest absolute Gasteiger partial charge is 0.253 e. The van der Waals surface area contributed by atoms with Crippen LogP contribution in [-0.2, 0) is 4.79 Å². The molecule has 0 aliphatic carbocycles. The van der Waals surface area contributed by atoms with E-state index < -0.39 is 0 Å². The van der Waals surface area contributed by atoms with Crippen molar-refractivity contribution >= 4 is 11.8 Å². The van der Waals surface area contributed by atoms with Gasteiger partial charge in [0.25, 0.3) is 5.91 Å². The largest absolute Gasteiger partial charge is 0.349 e. The fourth-order valence-corrected chi connectivity index (χ4v) is 3.57. The predicted molar refractivity (Wildman–Crippen MR) is 104 cm³/mol. The number of carbonyl (C=O) groups excluding carboxylic acids is 2. The summed E-state index contributed by atoms with van der Waals surface area (Å²) in [5.41, 5.74) is 4.03. The molecule has 0 N–H and O–H groups in total. The van der Waals surface area contributed by atoms with E-state index in [1.807, 2.05) is 35.2 Å². The number of likely N-dealkylation sites (tertiary alicyclic amines) is 1.